The second-order valence-corrected chi connectivity index (χ2v) is 22.2. The largest absolute Gasteiger partial charge is 0.546 e. The summed E-state index contributed by atoms with van der Waals surface area (Å²) in [5.74, 6) is 1.54. The molecule has 0 aliphatic heterocycles. The summed E-state index contributed by atoms with van der Waals surface area (Å²) in [6.45, 7) is 29.2. The number of hydrogen-bond donors (Lipinski definition) is 0. The minimum Gasteiger partial charge on any atom is -0.546 e. The summed E-state index contributed by atoms with van der Waals surface area (Å²) >= 11 is 0. The quantitative estimate of drug-likeness (QED) is 0.258. The first kappa shape index (κ1) is 29.0. The molecule has 0 fully saturated rings. The Kier molecular flexibility index (Phi) is 9.52. The number of hydrogen-bond acceptors (Lipinski definition) is 4. The van der Waals surface area contributed by atoms with E-state index >= 15 is 0 Å². The van der Waals surface area contributed by atoms with Gasteiger partial charge in [-0.2, -0.15) is 0 Å². The molecule has 4 nitrogen and oxygen atoms in total. The van der Waals surface area contributed by atoms with Crippen LogP contribution in [-0.4, -0.2) is 29.7 Å². The lowest BCUT2D eigenvalue weighted by atomic mass is 10.0. The van der Waals surface area contributed by atoms with E-state index in [4.69, 9.17) is 13.6 Å². The third-order valence-electron chi connectivity index (χ3n) is 7.74. The van der Waals surface area contributed by atoms with Crippen LogP contribution in [0.3, 0.4) is 0 Å². The molecule has 0 saturated heterocycles. The highest BCUT2D eigenvalue weighted by molar-refractivity contribution is 6.78. The fourth-order valence-electron chi connectivity index (χ4n) is 4.90. The maximum atomic E-state index is 12.9. The number of esters is 1. The first-order chi connectivity index (χ1) is 14.4. The van der Waals surface area contributed by atoms with E-state index in [0.29, 0.717) is 28.6 Å². The molecule has 0 heterocycles. The number of carbonyl (C=O) groups excluding carboxylic acids is 1. The zero-order valence-electron chi connectivity index (χ0n) is 23.3. The van der Waals surface area contributed by atoms with Gasteiger partial charge in [-0.3, -0.25) is 0 Å². The van der Waals surface area contributed by atoms with Gasteiger partial charge in [-0.25, -0.2) is 4.79 Å². The molecule has 1 aliphatic carbocycles. The molecule has 0 spiro atoms. The number of methoxy groups -OCH3 is 1. The molecular formula is C26H50O4Si2. The molecule has 32 heavy (non-hydrogen) atoms. The van der Waals surface area contributed by atoms with Crippen molar-refractivity contribution < 1.29 is 18.4 Å². The minimum atomic E-state index is -2.12. The van der Waals surface area contributed by atoms with Crippen molar-refractivity contribution in [2.45, 2.75) is 117 Å². The van der Waals surface area contributed by atoms with Crippen molar-refractivity contribution >= 4 is 22.6 Å². The Morgan fingerprint density at radius 2 is 1.44 bits per heavy atom. The first-order valence-corrected chi connectivity index (χ1v) is 17.4. The van der Waals surface area contributed by atoms with Crippen molar-refractivity contribution in [3.05, 3.63) is 23.2 Å². The Morgan fingerprint density at radius 3 is 1.81 bits per heavy atom. The van der Waals surface area contributed by atoms with Gasteiger partial charge in [0.1, 0.15) is 0 Å². The van der Waals surface area contributed by atoms with Crippen molar-refractivity contribution in [3.8, 4) is 0 Å². The molecule has 0 bridgehead atoms. The summed E-state index contributed by atoms with van der Waals surface area (Å²) in [5.41, 5.74) is 2.12. The van der Waals surface area contributed by atoms with Gasteiger partial charge in [0, 0.05) is 18.3 Å². The van der Waals surface area contributed by atoms with Gasteiger partial charge in [0.25, 0.3) is 8.32 Å². The third kappa shape index (κ3) is 5.91. The van der Waals surface area contributed by atoms with Crippen molar-refractivity contribution in [3.63, 3.8) is 0 Å². The fraction of sp³-hybridized carbons (Fsp3) is 0.808. The number of rotatable bonds is 8. The van der Waals surface area contributed by atoms with Gasteiger partial charge in [-0.15, -0.1) is 0 Å². The van der Waals surface area contributed by atoms with Crippen molar-refractivity contribution in [2.75, 3.05) is 7.11 Å². The molecule has 0 radical (unpaired) electrons. The molecule has 0 amide bonds. The van der Waals surface area contributed by atoms with Crippen LogP contribution in [0.4, 0.5) is 0 Å². The smallest absolute Gasteiger partial charge is 0.337 e. The van der Waals surface area contributed by atoms with Crippen LogP contribution < -0.4 is 0 Å². The number of ether oxygens (including phenoxy) is 1. The van der Waals surface area contributed by atoms with Crippen LogP contribution in [0.2, 0.25) is 34.8 Å². The minimum absolute atomic E-state index is 0.0434. The van der Waals surface area contributed by atoms with Crippen LogP contribution in [0.1, 0.15) is 82.6 Å². The van der Waals surface area contributed by atoms with Crippen LogP contribution in [0.5, 0.6) is 0 Å². The Morgan fingerprint density at radius 1 is 0.969 bits per heavy atom. The molecule has 1 aliphatic rings. The van der Waals surface area contributed by atoms with Crippen molar-refractivity contribution in [2.24, 2.45) is 11.8 Å². The molecule has 1 rings (SSSR count). The van der Waals surface area contributed by atoms with Crippen molar-refractivity contribution in [1.29, 1.82) is 0 Å². The highest BCUT2D eigenvalue weighted by atomic mass is 28.4. The maximum Gasteiger partial charge on any atom is 0.337 e. The van der Waals surface area contributed by atoms with Gasteiger partial charge >= 0.3 is 5.97 Å². The molecule has 0 aromatic rings. The zero-order valence-corrected chi connectivity index (χ0v) is 25.3. The van der Waals surface area contributed by atoms with E-state index in [1.54, 1.807) is 0 Å². The third-order valence-corrected chi connectivity index (χ3v) is 18.1. The molecule has 0 aromatic carbocycles. The monoisotopic (exact) mass is 482 g/mol. The van der Waals surface area contributed by atoms with Gasteiger partial charge in [0.2, 0.25) is 8.32 Å². The first-order valence-electron chi connectivity index (χ1n) is 12.3. The molecular weight excluding hydrogens is 432 g/mol. The van der Waals surface area contributed by atoms with Crippen molar-refractivity contribution in [1.82, 2.24) is 0 Å². The molecule has 0 N–H and O–H groups in total. The highest BCUT2D eigenvalue weighted by Crippen LogP contribution is 2.47. The average molecular weight is 483 g/mol. The number of allylic oxidation sites excluding steroid dienone is 3. The standard InChI is InChI=1S/C26H50O4Si2/c1-17(2)32(18(3)4,19(5)6)30-22-16-21(8)24(25(27)28-12)23(15-20(22)7)29-31(13,14)26(9,10)11/h16-21H,15H2,1-14H3/t20-,21-/m0/s1. The topological polar surface area (TPSA) is 44.8 Å². The average Bonchev–Trinajstić information content (AvgIpc) is 2.72. The van der Waals surface area contributed by atoms with E-state index in [0.717, 1.165) is 11.5 Å². The van der Waals surface area contributed by atoms with Crippen LogP contribution >= 0.6 is 0 Å². The van der Waals surface area contributed by atoms with E-state index in [2.05, 4.69) is 95.3 Å². The van der Waals surface area contributed by atoms with Crippen LogP contribution in [0.25, 0.3) is 0 Å². The zero-order chi connectivity index (χ0) is 25.2. The Bertz CT molecular complexity index is 705. The van der Waals surface area contributed by atoms with Crippen LogP contribution in [0, 0.1) is 11.8 Å². The summed E-state index contributed by atoms with van der Waals surface area (Å²) in [6, 6.07) is 0. The molecule has 186 valence electrons. The van der Waals surface area contributed by atoms with E-state index in [1.807, 2.05) is 0 Å². The summed E-state index contributed by atoms with van der Waals surface area (Å²) in [5, 5.41) is 0.0434. The molecule has 6 heteroatoms. The van der Waals surface area contributed by atoms with Gasteiger partial charge < -0.3 is 13.6 Å². The molecule has 0 saturated carbocycles. The fourth-order valence-corrected chi connectivity index (χ4v) is 11.4. The van der Waals surface area contributed by atoms with E-state index in [-0.39, 0.29) is 22.8 Å². The molecule has 0 unspecified atom stereocenters. The number of carbonyl (C=O) groups is 1. The summed E-state index contributed by atoms with van der Waals surface area (Å²) in [7, 11) is -2.76. The SMILES string of the molecule is COC(=O)C1=C(O[Si](C)(C)C(C)(C)C)C[C@H](C)C(O[Si](C(C)C)(C(C)C)C(C)C)=C[C@@H]1C. The van der Waals surface area contributed by atoms with Gasteiger partial charge in [-0.1, -0.05) is 76.2 Å². The lowest BCUT2D eigenvalue weighted by molar-refractivity contribution is -0.136. The summed E-state index contributed by atoms with van der Waals surface area (Å²) in [4.78, 5) is 12.9. The maximum absolute atomic E-state index is 12.9. The Labute approximate surface area is 200 Å². The lowest BCUT2D eigenvalue weighted by Crippen LogP contribution is -2.48. The van der Waals surface area contributed by atoms with E-state index < -0.39 is 16.6 Å². The highest BCUT2D eigenvalue weighted by Gasteiger charge is 2.48. The van der Waals surface area contributed by atoms with Crippen LogP contribution in [-0.2, 0) is 18.4 Å². The van der Waals surface area contributed by atoms with Gasteiger partial charge in [-0.05, 0) is 40.8 Å². The second kappa shape index (κ2) is 10.5. The normalized spacial score (nSPS) is 21.1. The predicted molar refractivity (Wildman–Crippen MR) is 140 cm³/mol. The predicted octanol–water partition coefficient (Wildman–Crippen LogP) is 8.19. The second-order valence-electron chi connectivity index (χ2n) is 12.1. The molecule has 2 atom stereocenters. The lowest BCUT2D eigenvalue weighted by Gasteiger charge is -2.44. The van der Waals surface area contributed by atoms with Crippen LogP contribution in [0.15, 0.2) is 23.2 Å². The summed E-state index contributed by atoms with van der Waals surface area (Å²) < 4.78 is 19.1. The Balaban J connectivity index is 3.52. The summed E-state index contributed by atoms with van der Waals surface area (Å²) in [6.07, 6.45) is 2.82. The van der Waals surface area contributed by atoms with Gasteiger partial charge in [0.15, 0.2) is 0 Å². The Hall–Kier alpha value is -1.02. The van der Waals surface area contributed by atoms with E-state index in [9.17, 15) is 4.79 Å². The van der Waals surface area contributed by atoms with E-state index in [1.165, 1.54) is 7.11 Å². The molecule has 0 aromatic heterocycles. The van der Waals surface area contributed by atoms with Gasteiger partial charge in [0.05, 0.1) is 24.2 Å².